The average molecular weight is 235 g/mol. The van der Waals surface area contributed by atoms with Crippen molar-refractivity contribution in [2.24, 2.45) is 29.6 Å². The molecular weight excluding hydrogens is 214 g/mol. The van der Waals surface area contributed by atoms with Gasteiger partial charge in [-0.25, -0.2) is 0 Å². The lowest BCUT2D eigenvalue weighted by molar-refractivity contribution is -0.133. The molecule has 3 heteroatoms. The number of carbonyl (C=O) groups is 1. The smallest absolute Gasteiger partial charge is 0.226 e. The molecule has 0 aliphatic heterocycles. The Bertz CT molecular complexity index is 325. The summed E-state index contributed by atoms with van der Waals surface area (Å²) in [6.07, 6.45) is 5.81. The van der Waals surface area contributed by atoms with Gasteiger partial charge in [-0.05, 0) is 42.9 Å². The average Bonchev–Trinajstić information content (AvgIpc) is 2.76. The van der Waals surface area contributed by atoms with Gasteiger partial charge in [-0.2, -0.15) is 0 Å². The number of hydrogen-bond acceptors (Lipinski definition) is 2. The van der Waals surface area contributed by atoms with Gasteiger partial charge in [0.2, 0.25) is 5.91 Å². The Morgan fingerprint density at radius 2 is 2.00 bits per heavy atom. The Balaban J connectivity index is 1.65. The molecule has 0 aromatic rings. The van der Waals surface area contributed by atoms with Crippen molar-refractivity contribution in [3.63, 3.8) is 0 Å². The third kappa shape index (κ3) is 1.63. The number of amides is 1. The molecule has 1 amide bonds. The lowest BCUT2D eigenvalue weighted by Gasteiger charge is -2.21. The molecule has 3 saturated carbocycles. The highest BCUT2D eigenvalue weighted by molar-refractivity contribution is 5.83. The fourth-order valence-electron chi connectivity index (χ4n) is 4.43. The first-order valence-electron chi connectivity index (χ1n) is 6.78. The van der Waals surface area contributed by atoms with Crippen LogP contribution in [0.15, 0.2) is 12.7 Å². The number of fused-ring (bicyclic) bond motifs is 5. The second kappa shape index (κ2) is 4.13. The summed E-state index contributed by atoms with van der Waals surface area (Å²) >= 11 is 0. The van der Waals surface area contributed by atoms with Crippen LogP contribution in [0.5, 0.6) is 0 Å². The number of aliphatic hydroxyl groups excluding tert-OH is 1. The third-order valence-electron chi connectivity index (χ3n) is 5.05. The first-order valence-corrected chi connectivity index (χ1v) is 6.78. The molecule has 0 saturated heterocycles. The molecule has 0 aromatic carbocycles. The van der Waals surface area contributed by atoms with Gasteiger partial charge in [0.15, 0.2) is 0 Å². The Labute approximate surface area is 102 Å². The van der Waals surface area contributed by atoms with Crippen molar-refractivity contribution >= 4 is 5.91 Å². The molecule has 4 atom stereocenters. The molecular formula is C14H21NO2. The van der Waals surface area contributed by atoms with Gasteiger partial charge < -0.3 is 10.0 Å². The normalized spacial score (nSPS) is 41.1. The monoisotopic (exact) mass is 235 g/mol. The van der Waals surface area contributed by atoms with Gasteiger partial charge in [-0.3, -0.25) is 4.79 Å². The molecule has 3 fully saturated rings. The van der Waals surface area contributed by atoms with Crippen molar-refractivity contribution in [1.82, 2.24) is 4.90 Å². The van der Waals surface area contributed by atoms with Crippen LogP contribution in [-0.4, -0.2) is 35.6 Å². The Hall–Kier alpha value is -0.830. The van der Waals surface area contributed by atoms with E-state index in [-0.39, 0.29) is 18.4 Å². The fraction of sp³-hybridized carbons (Fsp3) is 0.786. The van der Waals surface area contributed by atoms with Crippen LogP contribution in [0, 0.1) is 29.6 Å². The van der Waals surface area contributed by atoms with E-state index >= 15 is 0 Å². The highest BCUT2D eigenvalue weighted by Crippen LogP contribution is 2.69. The van der Waals surface area contributed by atoms with Crippen LogP contribution in [0.25, 0.3) is 0 Å². The Kier molecular flexibility index (Phi) is 2.74. The van der Waals surface area contributed by atoms with E-state index < -0.39 is 0 Å². The highest BCUT2D eigenvalue weighted by atomic mass is 16.3. The van der Waals surface area contributed by atoms with E-state index in [0.29, 0.717) is 24.9 Å². The molecule has 0 aromatic heterocycles. The van der Waals surface area contributed by atoms with E-state index in [1.807, 2.05) is 0 Å². The summed E-state index contributed by atoms with van der Waals surface area (Å²) in [6.45, 7) is 4.76. The van der Waals surface area contributed by atoms with Crippen molar-refractivity contribution in [2.45, 2.75) is 19.3 Å². The molecule has 4 unspecified atom stereocenters. The van der Waals surface area contributed by atoms with E-state index in [2.05, 4.69) is 6.58 Å². The maximum atomic E-state index is 12.4. The lowest BCUT2D eigenvalue weighted by atomic mass is 10.0. The number of hydrogen-bond donors (Lipinski definition) is 1. The molecule has 3 nitrogen and oxygen atoms in total. The zero-order valence-electron chi connectivity index (χ0n) is 10.2. The molecule has 0 heterocycles. The van der Waals surface area contributed by atoms with E-state index in [0.717, 1.165) is 11.8 Å². The maximum Gasteiger partial charge on any atom is 0.226 e. The molecule has 0 spiro atoms. The predicted molar refractivity (Wildman–Crippen MR) is 65.2 cm³/mol. The van der Waals surface area contributed by atoms with Crippen LogP contribution in [0.2, 0.25) is 0 Å². The van der Waals surface area contributed by atoms with Gasteiger partial charge >= 0.3 is 0 Å². The molecule has 1 N–H and O–H groups in total. The molecule has 3 aliphatic rings. The van der Waals surface area contributed by atoms with Crippen LogP contribution in [0.3, 0.4) is 0 Å². The molecule has 3 rings (SSSR count). The van der Waals surface area contributed by atoms with Crippen molar-refractivity contribution in [1.29, 1.82) is 0 Å². The predicted octanol–water partition coefficient (Wildman–Crippen LogP) is 1.29. The van der Waals surface area contributed by atoms with Crippen molar-refractivity contribution in [2.75, 3.05) is 19.7 Å². The van der Waals surface area contributed by atoms with Crippen LogP contribution >= 0.6 is 0 Å². The minimum absolute atomic E-state index is 0.0501. The van der Waals surface area contributed by atoms with Crippen molar-refractivity contribution < 1.29 is 9.90 Å². The van der Waals surface area contributed by atoms with Crippen LogP contribution in [-0.2, 0) is 4.79 Å². The molecule has 3 aliphatic carbocycles. The third-order valence-corrected chi connectivity index (χ3v) is 5.05. The minimum Gasteiger partial charge on any atom is -0.395 e. The Morgan fingerprint density at radius 3 is 2.53 bits per heavy atom. The van der Waals surface area contributed by atoms with Gasteiger partial charge in [0.05, 0.1) is 6.61 Å². The molecule has 17 heavy (non-hydrogen) atoms. The zero-order valence-corrected chi connectivity index (χ0v) is 10.2. The lowest BCUT2D eigenvalue weighted by Crippen LogP contribution is -2.36. The van der Waals surface area contributed by atoms with E-state index in [1.54, 1.807) is 11.0 Å². The van der Waals surface area contributed by atoms with Crippen molar-refractivity contribution in [3.8, 4) is 0 Å². The van der Waals surface area contributed by atoms with Gasteiger partial charge in [-0.15, -0.1) is 6.58 Å². The molecule has 94 valence electrons. The minimum atomic E-state index is 0.0501. The summed E-state index contributed by atoms with van der Waals surface area (Å²) in [5, 5.41) is 9.01. The summed E-state index contributed by atoms with van der Waals surface area (Å²) in [4.78, 5) is 14.2. The van der Waals surface area contributed by atoms with Gasteiger partial charge in [-0.1, -0.05) is 6.08 Å². The number of carbonyl (C=O) groups excluding carboxylic acids is 1. The van der Waals surface area contributed by atoms with E-state index in [4.69, 9.17) is 5.11 Å². The highest BCUT2D eigenvalue weighted by Gasteiger charge is 2.67. The fourth-order valence-corrected chi connectivity index (χ4v) is 4.43. The van der Waals surface area contributed by atoms with E-state index in [9.17, 15) is 4.79 Å². The molecule has 2 bridgehead atoms. The first kappa shape index (κ1) is 11.3. The largest absolute Gasteiger partial charge is 0.395 e. The maximum absolute atomic E-state index is 12.4. The van der Waals surface area contributed by atoms with E-state index in [1.165, 1.54) is 19.3 Å². The number of nitrogens with zero attached hydrogens (tertiary/aromatic N) is 1. The quantitative estimate of drug-likeness (QED) is 0.729. The summed E-state index contributed by atoms with van der Waals surface area (Å²) in [7, 11) is 0. The summed E-state index contributed by atoms with van der Waals surface area (Å²) in [5.74, 6) is 3.59. The summed E-state index contributed by atoms with van der Waals surface area (Å²) in [6, 6.07) is 0. The first-order chi connectivity index (χ1) is 8.27. The van der Waals surface area contributed by atoms with Crippen LogP contribution in [0.4, 0.5) is 0 Å². The van der Waals surface area contributed by atoms with Gasteiger partial charge in [0.25, 0.3) is 0 Å². The van der Waals surface area contributed by atoms with Crippen molar-refractivity contribution in [3.05, 3.63) is 12.7 Å². The second-order valence-corrected chi connectivity index (χ2v) is 5.81. The van der Waals surface area contributed by atoms with Gasteiger partial charge in [0.1, 0.15) is 0 Å². The Morgan fingerprint density at radius 1 is 1.35 bits per heavy atom. The number of aliphatic hydroxyl groups is 1. The zero-order chi connectivity index (χ0) is 12.0. The second-order valence-electron chi connectivity index (χ2n) is 5.81. The number of rotatable bonds is 5. The standard InChI is InChI=1S/C14H21NO2/c1-2-5-15(6-7-16)14(17)13-11-9-3-4-10(8-9)12(11)13/h2,9-13,16H,1,3-8H2. The topological polar surface area (TPSA) is 40.5 Å². The summed E-state index contributed by atoms with van der Waals surface area (Å²) in [5.41, 5.74) is 0. The summed E-state index contributed by atoms with van der Waals surface area (Å²) < 4.78 is 0. The molecule has 0 radical (unpaired) electrons. The van der Waals surface area contributed by atoms with Crippen LogP contribution < -0.4 is 0 Å². The SMILES string of the molecule is C=CCN(CCO)C(=O)C1C2C3CCC(C3)C12. The van der Waals surface area contributed by atoms with Gasteiger partial charge in [0, 0.05) is 19.0 Å². The van der Waals surface area contributed by atoms with Crippen LogP contribution in [0.1, 0.15) is 19.3 Å².